The van der Waals surface area contributed by atoms with Gasteiger partial charge in [0.15, 0.2) is 6.29 Å². The number of nitrogens with one attached hydrogen (secondary N) is 2. The van der Waals surface area contributed by atoms with Crippen molar-refractivity contribution in [3.8, 4) is 5.75 Å². The van der Waals surface area contributed by atoms with Crippen molar-refractivity contribution < 1.29 is 23.8 Å². The van der Waals surface area contributed by atoms with Crippen LogP contribution in [0.3, 0.4) is 0 Å². The summed E-state index contributed by atoms with van der Waals surface area (Å²) in [5.74, 6) is 0.703. The van der Waals surface area contributed by atoms with Gasteiger partial charge >= 0.3 is 6.03 Å². The van der Waals surface area contributed by atoms with Crippen LogP contribution in [0.4, 0.5) is 10.5 Å². The van der Waals surface area contributed by atoms with Gasteiger partial charge in [-0.25, -0.2) is 4.79 Å². The molecule has 8 heteroatoms. The summed E-state index contributed by atoms with van der Waals surface area (Å²) in [4.78, 5) is 26.0. The Hall–Kier alpha value is -2.32. The van der Waals surface area contributed by atoms with Gasteiger partial charge in [0.2, 0.25) is 5.91 Å². The number of carbonyl (C=O) groups excluding carboxylic acids is 2. The minimum absolute atomic E-state index is 0.0259. The van der Waals surface area contributed by atoms with Crippen molar-refractivity contribution in [2.24, 2.45) is 0 Å². The zero-order valence-electron chi connectivity index (χ0n) is 15.5. The van der Waals surface area contributed by atoms with E-state index >= 15 is 0 Å². The Morgan fingerprint density at radius 1 is 1.23 bits per heavy atom. The first-order valence-corrected chi connectivity index (χ1v) is 8.79. The van der Waals surface area contributed by atoms with Gasteiger partial charge in [-0.15, -0.1) is 0 Å². The topological polar surface area (TPSA) is 89.1 Å². The molecular weight excluding hydrogens is 338 g/mol. The molecule has 2 N–H and O–H groups in total. The fraction of sp³-hybridized carbons (Fsp3) is 0.556. The molecule has 144 valence electrons. The Labute approximate surface area is 153 Å². The molecule has 3 amide bonds. The minimum atomic E-state index is -0.475. The molecule has 1 aromatic rings. The van der Waals surface area contributed by atoms with Crippen molar-refractivity contribution >= 4 is 17.6 Å². The second-order valence-electron chi connectivity index (χ2n) is 5.80. The average Bonchev–Trinajstić information content (AvgIpc) is 3.00. The highest BCUT2D eigenvalue weighted by Gasteiger charge is 2.31. The molecule has 1 aromatic carbocycles. The van der Waals surface area contributed by atoms with E-state index in [0.717, 1.165) is 11.4 Å². The van der Waals surface area contributed by atoms with E-state index in [9.17, 15) is 9.59 Å². The van der Waals surface area contributed by atoms with Crippen LogP contribution >= 0.6 is 0 Å². The summed E-state index contributed by atoms with van der Waals surface area (Å²) in [7, 11) is 1.59. The number of ether oxygens (including phenoxy) is 3. The van der Waals surface area contributed by atoms with Crippen molar-refractivity contribution in [2.75, 3.05) is 38.3 Å². The predicted octanol–water partition coefficient (Wildman–Crippen LogP) is 1.50. The van der Waals surface area contributed by atoms with Gasteiger partial charge in [0.25, 0.3) is 0 Å². The van der Waals surface area contributed by atoms with Crippen LogP contribution < -0.4 is 20.3 Å². The number of hydrogen-bond acceptors (Lipinski definition) is 5. The van der Waals surface area contributed by atoms with Gasteiger partial charge in [0.1, 0.15) is 5.75 Å². The first-order chi connectivity index (χ1) is 12.6. The maximum Gasteiger partial charge on any atom is 0.315 e. The van der Waals surface area contributed by atoms with Crippen molar-refractivity contribution in [3.63, 3.8) is 0 Å². The molecule has 0 aliphatic carbocycles. The van der Waals surface area contributed by atoms with Gasteiger partial charge in [-0.3, -0.25) is 4.79 Å². The second kappa shape index (κ2) is 9.98. The number of hydrogen-bond donors (Lipinski definition) is 2. The molecule has 1 heterocycles. The first kappa shape index (κ1) is 20.0. The largest absolute Gasteiger partial charge is 0.497 e. The van der Waals surface area contributed by atoms with E-state index in [1.807, 2.05) is 26.0 Å². The molecule has 1 saturated heterocycles. The van der Waals surface area contributed by atoms with Crippen LogP contribution in [-0.2, 0) is 14.3 Å². The Bertz CT molecular complexity index is 587. The fourth-order valence-corrected chi connectivity index (χ4v) is 2.77. The SMILES string of the molecule is CCOC(CNC(=O)NC1CC(=O)N(c2ccc(OC)cc2)C1)OCC. The third kappa shape index (κ3) is 5.60. The highest BCUT2D eigenvalue weighted by molar-refractivity contribution is 5.96. The van der Waals surface area contributed by atoms with Crippen LogP contribution in [-0.4, -0.2) is 57.7 Å². The van der Waals surface area contributed by atoms with E-state index < -0.39 is 6.29 Å². The van der Waals surface area contributed by atoms with E-state index in [2.05, 4.69) is 10.6 Å². The van der Waals surface area contributed by atoms with Crippen LogP contribution in [0.2, 0.25) is 0 Å². The lowest BCUT2D eigenvalue weighted by Crippen LogP contribution is -2.46. The number of benzene rings is 1. The number of anilines is 1. The summed E-state index contributed by atoms with van der Waals surface area (Å²) in [6, 6.07) is 6.67. The van der Waals surface area contributed by atoms with Crippen LogP contribution in [0.15, 0.2) is 24.3 Å². The monoisotopic (exact) mass is 365 g/mol. The fourth-order valence-electron chi connectivity index (χ4n) is 2.77. The summed E-state index contributed by atoms with van der Waals surface area (Å²) >= 11 is 0. The third-order valence-corrected chi connectivity index (χ3v) is 3.98. The van der Waals surface area contributed by atoms with Gasteiger partial charge in [0, 0.05) is 31.9 Å². The van der Waals surface area contributed by atoms with Crippen LogP contribution in [0.1, 0.15) is 20.3 Å². The number of nitrogens with zero attached hydrogens (tertiary/aromatic N) is 1. The molecule has 0 radical (unpaired) electrons. The summed E-state index contributed by atoms with van der Waals surface area (Å²) < 4.78 is 15.9. The maximum atomic E-state index is 12.2. The zero-order chi connectivity index (χ0) is 18.9. The number of amides is 3. The van der Waals surface area contributed by atoms with Gasteiger partial charge in [-0.1, -0.05) is 0 Å². The van der Waals surface area contributed by atoms with Gasteiger partial charge in [0.05, 0.1) is 19.7 Å². The summed E-state index contributed by atoms with van der Waals surface area (Å²) in [5.41, 5.74) is 0.785. The van der Waals surface area contributed by atoms with E-state index in [0.29, 0.717) is 19.8 Å². The molecule has 1 unspecified atom stereocenters. The standard InChI is InChI=1S/C18H27N3O5/c1-4-25-17(26-5-2)11-19-18(23)20-13-10-16(22)21(12-13)14-6-8-15(24-3)9-7-14/h6-9,13,17H,4-5,10-12H2,1-3H3,(H2,19,20,23). The lowest BCUT2D eigenvalue weighted by Gasteiger charge is -2.19. The molecule has 26 heavy (non-hydrogen) atoms. The van der Waals surface area contributed by atoms with Crippen LogP contribution in [0.25, 0.3) is 0 Å². The second-order valence-corrected chi connectivity index (χ2v) is 5.80. The predicted molar refractivity (Wildman–Crippen MR) is 97.3 cm³/mol. The molecule has 0 spiro atoms. The lowest BCUT2D eigenvalue weighted by atomic mass is 10.2. The number of urea groups is 1. The van der Waals surface area contributed by atoms with Crippen molar-refractivity contribution in [1.82, 2.24) is 10.6 Å². The molecule has 1 aliphatic rings. The van der Waals surface area contributed by atoms with Crippen molar-refractivity contribution in [3.05, 3.63) is 24.3 Å². The van der Waals surface area contributed by atoms with E-state index in [1.54, 1.807) is 24.1 Å². The van der Waals surface area contributed by atoms with E-state index in [4.69, 9.17) is 14.2 Å². The molecule has 0 saturated carbocycles. The molecule has 2 rings (SSSR count). The number of carbonyl (C=O) groups is 2. The normalized spacial score (nSPS) is 16.8. The van der Waals surface area contributed by atoms with E-state index in [1.165, 1.54) is 0 Å². The highest BCUT2D eigenvalue weighted by Crippen LogP contribution is 2.24. The number of methoxy groups -OCH3 is 1. The number of rotatable bonds is 9. The quantitative estimate of drug-likeness (QED) is 0.648. The maximum absolute atomic E-state index is 12.2. The van der Waals surface area contributed by atoms with Gasteiger partial charge in [-0.2, -0.15) is 0 Å². The Kier molecular flexibility index (Phi) is 7.68. The highest BCUT2D eigenvalue weighted by atomic mass is 16.7. The van der Waals surface area contributed by atoms with Crippen LogP contribution in [0.5, 0.6) is 5.75 Å². The molecular formula is C18H27N3O5. The lowest BCUT2D eigenvalue weighted by molar-refractivity contribution is -0.131. The average molecular weight is 365 g/mol. The van der Waals surface area contributed by atoms with Crippen molar-refractivity contribution in [2.45, 2.75) is 32.6 Å². The molecule has 0 aromatic heterocycles. The van der Waals surface area contributed by atoms with Crippen molar-refractivity contribution in [1.29, 1.82) is 0 Å². The van der Waals surface area contributed by atoms with E-state index in [-0.39, 0.29) is 30.9 Å². The molecule has 1 aliphatic heterocycles. The smallest absolute Gasteiger partial charge is 0.315 e. The zero-order valence-corrected chi connectivity index (χ0v) is 15.5. The van der Waals surface area contributed by atoms with Crippen LogP contribution in [0, 0.1) is 0 Å². The molecule has 0 bridgehead atoms. The third-order valence-electron chi connectivity index (χ3n) is 3.98. The summed E-state index contributed by atoms with van der Waals surface area (Å²) in [5, 5.41) is 5.54. The Balaban J connectivity index is 1.83. The molecule has 1 fully saturated rings. The first-order valence-electron chi connectivity index (χ1n) is 8.79. The van der Waals surface area contributed by atoms with Gasteiger partial charge < -0.3 is 29.7 Å². The molecule has 8 nitrogen and oxygen atoms in total. The summed E-state index contributed by atoms with van der Waals surface area (Å²) in [6.45, 7) is 5.41. The molecule has 1 atom stereocenters. The Morgan fingerprint density at radius 3 is 2.46 bits per heavy atom. The minimum Gasteiger partial charge on any atom is -0.497 e. The Morgan fingerprint density at radius 2 is 1.88 bits per heavy atom. The summed E-state index contributed by atoms with van der Waals surface area (Å²) in [6.07, 6.45) is -0.212. The van der Waals surface area contributed by atoms with Gasteiger partial charge in [-0.05, 0) is 38.1 Å².